The van der Waals surface area contributed by atoms with E-state index in [1.54, 1.807) is 0 Å². The zero-order chi connectivity index (χ0) is 25.1. The molecule has 0 amide bonds. The molecule has 0 bridgehead atoms. The van der Waals surface area contributed by atoms with E-state index in [4.69, 9.17) is 9.84 Å². The Bertz CT molecular complexity index is 1410. The topological polar surface area (TPSA) is 115 Å². The van der Waals surface area contributed by atoms with Crippen molar-refractivity contribution in [2.45, 2.75) is 11.4 Å². The Labute approximate surface area is 193 Å². The van der Waals surface area contributed by atoms with Crippen molar-refractivity contribution in [2.24, 2.45) is 0 Å². The van der Waals surface area contributed by atoms with Gasteiger partial charge in [-0.1, -0.05) is 5.92 Å². The number of hydrogen-bond donors (Lipinski definition) is 2. The molecule has 0 aliphatic heterocycles. The van der Waals surface area contributed by atoms with Crippen molar-refractivity contribution in [3.05, 3.63) is 63.7 Å². The number of anilines is 1. The van der Waals surface area contributed by atoms with Crippen molar-refractivity contribution in [1.82, 2.24) is 4.98 Å². The molecular weight excluding hydrogens is 504 g/mol. The Balaban J connectivity index is 1.82. The summed E-state index contributed by atoms with van der Waals surface area (Å²) in [5, 5.41) is 9.80. The molecule has 0 saturated carbocycles. The second-order valence-corrected chi connectivity index (χ2v) is 8.75. The highest BCUT2D eigenvalue weighted by Gasteiger charge is 2.32. The molecule has 34 heavy (non-hydrogen) atoms. The summed E-state index contributed by atoms with van der Waals surface area (Å²) < 4.78 is 86.7. The highest BCUT2D eigenvalue weighted by Crippen LogP contribution is 2.29. The van der Waals surface area contributed by atoms with Crippen LogP contribution in [0.25, 0.3) is 0 Å². The third-order valence-corrected chi connectivity index (χ3v) is 6.08. The number of carboxylic acids is 1. The van der Waals surface area contributed by atoms with Crippen LogP contribution < -0.4 is 14.2 Å². The first kappa shape index (κ1) is 24.8. The van der Waals surface area contributed by atoms with E-state index < -0.39 is 38.9 Å². The molecule has 2 aromatic carbocycles. The maximum Gasteiger partial charge on any atom is 0.573 e. The fourth-order valence-electron chi connectivity index (χ4n) is 2.46. The maximum atomic E-state index is 13.5. The van der Waals surface area contributed by atoms with E-state index in [2.05, 4.69) is 26.3 Å². The maximum absolute atomic E-state index is 13.5. The van der Waals surface area contributed by atoms with Crippen molar-refractivity contribution in [1.29, 1.82) is 0 Å². The smallest absolute Gasteiger partial charge is 0.495 e. The molecule has 0 unspecified atom stereocenters. The van der Waals surface area contributed by atoms with Gasteiger partial charge in [-0.25, -0.2) is 14.2 Å². The number of methoxy groups -OCH3 is 1. The van der Waals surface area contributed by atoms with E-state index in [-0.39, 0.29) is 27.6 Å². The minimum Gasteiger partial charge on any atom is -0.495 e. The number of aromatic nitrogens is 1. The standard InChI is InChI=1S/C20H12F4N2O6S2/c1-31-16-9-12(19(27)28)4-6-14(16)26-34(29,30)18-10-33-17(25-18)7-3-11-2-5-13(21)15(8-11)32-20(22,23)24/h2,4-6,8-10,26H,1H3,(H,27,28). The van der Waals surface area contributed by atoms with Gasteiger partial charge in [0.25, 0.3) is 10.0 Å². The second-order valence-electron chi connectivity index (χ2n) is 6.26. The average molecular weight is 516 g/mol. The molecule has 0 atom stereocenters. The van der Waals surface area contributed by atoms with Gasteiger partial charge < -0.3 is 14.6 Å². The molecule has 3 rings (SSSR count). The van der Waals surface area contributed by atoms with Gasteiger partial charge in [-0.15, -0.1) is 24.5 Å². The highest BCUT2D eigenvalue weighted by molar-refractivity contribution is 7.92. The summed E-state index contributed by atoms with van der Waals surface area (Å²) >= 11 is 0.842. The number of rotatable bonds is 6. The summed E-state index contributed by atoms with van der Waals surface area (Å²) in [7, 11) is -2.98. The SMILES string of the molecule is COc1cc(C(=O)O)ccc1NS(=O)(=O)c1csc(C#Cc2ccc(F)c(OC(F)(F)F)c2)n1. The second kappa shape index (κ2) is 9.57. The molecule has 14 heteroatoms. The van der Waals surface area contributed by atoms with E-state index in [0.717, 1.165) is 35.6 Å². The van der Waals surface area contributed by atoms with Gasteiger partial charge in [-0.3, -0.25) is 4.72 Å². The summed E-state index contributed by atoms with van der Waals surface area (Å²) in [5.74, 6) is 1.38. The molecule has 0 aliphatic rings. The molecule has 0 spiro atoms. The van der Waals surface area contributed by atoms with Crippen molar-refractivity contribution in [3.8, 4) is 23.3 Å². The molecule has 178 valence electrons. The number of halogens is 4. The number of nitrogens with one attached hydrogen (secondary N) is 1. The molecule has 0 fully saturated rings. The summed E-state index contributed by atoms with van der Waals surface area (Å²) in [6, 6.07) is 6.14. The van der Waals surface area contributed by atoms with Crippen molar-refractivity contribution in [3.63, 3.8) is 0 Å². The molecule has 1 heterocycles. The van der Waals surface area contributed by atoms with Gasteiger partial charge >= 0.3 is 12.3 Å². The van der Waals surface area contributed by atoms with Crippen LogP contribution in [-0.4, -0.2) is 37.9 Å². The Morgan fingerprint density at radius 1 is 1.15 bits per heavy atom. The van der Waals surface area contributed by atoms with Gasteiger partial charge in [0.05, 0.1) is 18.4 Å². The van der Waals surface area contributed by atoms with E-state index in [9.17, 15) is 30.8 Å². The number of sulfonamides is 1. The van der Waals surface area contributed by atoms with Gasteiger partial charge in [0, 0.05) is 10.9 Å². The van der Waals surface area contributed by atoms with Crippen LogP contribution in [0, 0.1) is 17.7 Å². The van der Waals surface area contributed by atoms with Crippen molar-refractivity contribution >= 4 is 33.0 Å². The molecule has 3 aromatic rings. The quantitative estimate of drug-likeness (QED) is 0.375. The fraction of sp³-hybridized carbons (Fsp3) is 0.100. The molecule has 0 saturated heterocycles. The summed E-state index contributed by atoms with van der Waals surface area (Å²) in [6.07, 6.45) is -5.09. The van der Waals surface area contributed by atoms with Gasteiger partial charge in [0.15, 0.2) is 21.6 Å². The Morgan fingerprint density at radius 3 is 2.53 bits per heavy atom. The van der Waals surface area contributed by atoms with E-state index in [1.165, 1.54) is 24.6 Å². The number of hydrogen-bond acceptors (Lipinski definition) is 7. The number of aromatic carboxylic acids is 1. The van der Waals surface area contributed by atoms with E-state index >= 15 is 0 Å². The number of alkyl halides is 3. The van der Waals surface area contributed by atoms with E-state index in [1.807, 2.05) is 0 Å². The lowest BCUT2D eigenvalue weighted by molar-refractivity contribution is -0.275. The van der Waals surface area contributed by atoms with Crippen LogP contribution in [0.4, 0.5) is 23.2 Å². The minimum absolute atomic E-state index is 0.0104. The number of benzene rings is 2. The lowest BCUT2D eigenvalue weighted by atomic mass is 10.2. The Hall–Kier alpha value is -3.83. The monoisotopic (exact) mass is 516 g/mol. The Morgan fingerprint density at radius 2 is 1.88 bits per heavy atom. The number of carbonyl (C=O) groups is 1. The van der Waals surface area contributed by atoms with Crippen molar-refractivity contribution in [2.75, 3.05) is 11.8 Å². The predicted molar refractivity (Wildman–Crippen MR) is 112 cm³/mol. The summed E-state index contributed by atoms with van der Waals surface area (Å²) in [4.78, 5) is 14.9. The number of nitrogens with zero attached hydrogens (tertiary/aromatic N) is 1. The third-order valence-electron chi connectivity index (χ3n) is 3.92. The first-order chi connectivity index (χ1) is 15.9. The number of thiazole rings is 1. The molecule has 1 aromatic heterocycles. The van der Waals surface area contributed by atoms with Crippen LogP contribution in [0.1, 0.15) is 20.9 Å². The highest BCUT2D eigenvalue weighted by atomic mass is 32.2. The first-order valence-corrected chi connectivity index (χ1v) is 11.2. The third kappa shape index (κ3) is 6.15. The van der Waals surface area contributed by atoms with Crippen LogP contribution in [0.2, 0.25) is 0 Å². The van der Waals surface area contributed by atoms with Gasteiger partial charge in [0.2, 0.25) is 0 Å². The lowest BCUT2D eigenvalue weighted by Gasteiger charge is -2.11. The molecule has 0 radical (unpaired) electrons. The Kier molecular flexibility index (Phi) is 6.99. The predicted octanol–water partition coefficient (Wildman–Crippen LogP) is 4.09. The van der Waals surface area contributed by atoms with Gasteiger partial charge in [-0.05, 0) is 42.3 Å². The van der Waals surface area contributed by atoms with Crippen LogP contribution >= 0.6 is 11.3 Å². The largest absolute Gasteiger partial charge is 0.573 e. The van der Waals surface area contributed by atoms with Crippen LogP contribution in [0.5, 0.6) is 11.5 Å². The zero-order valence-electron chi connectivity index (χ0n) is 16.8. The summed E-state index contributed by atoms with van der Waals surface area (Å²) in [6.45, 7) is 0. The van der Waals surface area contributed by atoms with Gasteiger partial charge in [0.1, 0.15) is 5.75 Å². The molecule has 2 N–H and O–H groups in total. The van der Waals surface area contributed by atoms with Crippen LogP contribution in [-0.2, 0) is 10.0 Å². The van der Waals surface area contributed by atoms with Gasteiger partial charge in [-0.2, -0.15) is 8.42 Å². The molecular formula is C20H12F4N2O6S2. The van der Waals surface area contributed by atoms with Crippen molar-refractivity contribution < 1.29 is 45.4 Å². The molecule has 0 aliphatic carbocycles. The first-order valence-electron chi connectivity index (χ1n) is 8.85. The number of carboxylic acid groups (broad SMARTS) is 1. The van der Waals surface area contributed by atoms with Crippen LogP contribution in [0.15, 0.2) is 46.8 Å². The lowest BCUT2D eigenvalue weighted by Crippen LogP contribution is -2.18. The van der Waals surface area contributed by atoms with Crippen LogP contribution in [0.3, 0.4) is 0 Å². The summed E-state index contributed by atoms with van der Waals surface area (Å²) in [5.41, 5.74) is -0.172. The number of ether oxygens (including phenoxy) is 2. The van der Waals surface area contributed by atoms with E-state index in [0.29, 0.717) is 0 Å². The minimum atomic E-state index is -5.09. The zero-order valence-corrected chi connectivity index (χ0v) is 18.4. The fourth-order valence-corrected chi connectivity index (χ4v) is 4.46. The normalized spacial score (nSPS) is 11.3. The average Bonchev–Trinajstić information content (AvgIpc) is 3.23. The molecule has 8 nitrogen and oxygen atoms in total.